The minimum Gasteiger partial charge on any atom is -0.310 e. The Balaban J connectivity index is 1.40. The standard InChI is InChI=1S/C38H32BNO2/c1-22(2)24-11-16-33-32(20-24)38(3,4)35-28-14-10-23(19-31-36(41)29-15-13-26(39)21-30(29)37(31)42)18-25(28)12-17-34(35)40(33)27-8-6-5-7-9-27/h5-22H,39H2,1-4H3/b31-19-. The third-order valence-electron chi connectivity index (χ3n) is 8.97. The fraction of sp³-hybridized carbons (Fsp3) is 0.158. The van der Waals surface area contributed by atoms with Crippen LogP contribution in [0.2, 0.25) is 0 Å². The monoisotopic (exact) mass is 545 g/mol. The van der Waals surface area contributed by atoms with Crippen molar-refractivity contribution in [3.05, 3.63) is 136 Å². The minimum absolute atomic E-state index is 0.193. The van der Waals surface area contributed by atoms with Gasteiger partial charge in [0.25, 0.3) is 0 Å². The second-order valence-electron chi connectivity index (χ2n) is 12.4. The summed E-state index contributed by atoms with van der Waals surface area (Å²) in [5.41, 5.74) is 10.2. The second kappa shape index (κ2) is 9.42. The van der Waals surface area contributed by atoms with E-state index in [1.807, 2.05) is 26.0 Å². The number of carbonyl (C=O) groups is 2. The minimum atomic E-state index is -0.253. The lowest BCUT2D eigenvalue weighted by Crippen LogP contribution is -2.31. The maximum absolute atomic E-state index is 13.2. The highest BCUT2D eigenvalue weighted by Crippen LogP contribution is 2.54. The fourth-order valence-electron chi connectivity index (χ4n) is 6.73. The molecule has 0 N–H and O–H groups in total. The van der Waals surface area contributed by atoms with Crippen LogP contribution >= 0.6 is 0 Å². The van der Waals surface area contributed by atoms with Crippen LogP contribution < -0.4 is 10.4 Å². The Morgan fingerprint density at radius 2 is 1.50 bits per heavy atom. The van der Waals surface area contributed by atoms with E-state index in [2.05, 4.69) is 105 Å². The SMILES string of the molecule is Bc1ccc2c(c1)C(=O)/C(=C\c1ccc3c4c(ccc3c1)N(c1ccccc1)c1ccc(C(C)C)cc1C4(C)C)C2=O. The molecule has 4 heteroatoms. The van der Waals surface area contributed by atoms with Crippen LogP contribution in [0.15, 0.2) is 103 Å². The van der Waals surface area contributed by atoms with Gasteiger partial charge in [-0.05, 0) is 75.4 Å². The van der Waals surface area contributed by atoms with E-state index in [1.165, 1.54) is 33.5 Å². The molecule has 2 aliphatic rings. The van der Waals surface area contributed by atoms with Crippen LogP contribution in [0.4, 0.5) is 17.1 Å². The molecule has 0 amide bonds. The van der Waals surface area contributed by atoms with Gasteiger partial charge in [-0.15, -0.1) is 0 Å². The zero-order valence-corrected chi connectivity index (χ0v) is 24.7. The van der Waals surface area contributed by atoms with Crippen molar-refractivity contribution in [1.29, 1.82) is 0 Å². The smallest absolute Gasteiger partial charge is 0.197 e. The molecule has 0 fully saturated rings. The van der Waals surface area contributed by atoms with Crippen LogP contribution in [0.25, 0.3) is 16.8 Å². The van der Waals surface area contributed by atoms with Gasteiger partial charge in [-0.2, -0.15) is 0 Å². The average Bonchev–Trinajstić information content (AvgIpc) is 3.21. The number of hydrogen-bond acceptors (Lipinski definition) is 3. The molecule has 0 saturated carbocycles. The number of allylic oxidation sites excluding steroid dienone is 1. The van der Waals surface area contributed by atoms with Gasteiger partial charge in [0.1, 0.15) is 7.85 Å². The number of benzene rings is 5. The summed E-state index contributed by atoms with van der Waals surface area (Å²) in [6.45, 7) is 9.12. The van der Waals surface area contributed by atoms with Crippen LogP contribution in [0.5, 0.6) is 0 Å². The van der Waals surface area contributed by atoms with Gasteiger partial charge in [0.2, 0.25) is 0 Å². The number of hydrogen-bond donors (Lipinski definition) is 0. The summed E-state index contributed by atoms with van der Waals surface area (Å²) >= 11 is 0. The topological polar surface area (TPSA) is 37.4 Å². The summed E-state index contributed by atoms with van der Waals surface area (Å²) in [6.07, 6.45) is 1.75. The number of Topliss-reactive ketones (excluding diaryl/α,β-unsaturated/α-hetero) is 2. The summed E-state index contributed by atoms with van der Waals surface area (Å²) in [5.74, 6) is 0.0380. The van der Waals surface area contributed by atoms with E-state index in [0.717, 1.165) is 22.1 Å². The highest BCUT2D eigenvalue weighted by atomic mass is 16.2. The zero-order chi connectivity index (χ0) is 29.3. The molecule has 1 heterocycles. The first-order valence-corrected chi connectivity index (χ1v) is 14.6. The average molecular weight is 545 g/mol. The summed E-state index contributed by atoms with van der Waals surface area (Å²) < 4.78 is 0. The van der Waals surface area contributed by atoms with E-state index < -0.39 is 0 Å². The first-order chi connectivity index (χ1) is 20.1. The van der Waals surface area contributed by atoms with Crippen molar-refractivity contribution < 1.29 is 9.59 Å². The molecule has 0 bridgehead atoms. The lowest BCUT2D eigenvalue weighted by molar-refractivity contribution is 0.0990. The molecule has 0 saturated heterocycles. The lowest BCUT2D eigenvalue weighted by atomic mass is 9.71. The highest BCUT2D eigenvalue weighted by Gasteiger charge is 2.39. The Morgan fingerprint density at radius 3 is 2.26 bits per heavy atom. The van der Waals surface area contributed by atoms with E-state index in [-0.39, 0.29) is 22.6 Å². The van der Waals surface area contributed by atoms with Crippen LogP contribution in [0.1, 0.15) is 76.6 Å². The predicted molar refractivity (Wildman–Crippen MR) is 176 cm³/mol. The fourth-order valence-corrected chi connectivity index (χ4v) is 6.73. The van der Waals surface area contributed by atoms with Crippen LogP contribution in [-0.2, 0) is 5.41 Å². The molecule has 0 atom stereocenters. The first kappa shape index (κ1) is 26.2. The highest BCUT2D eigenvalue weighted by molar-refractivity contribution is 6.43. The lowest BCUT2D eigenvalue weighted by Gasteiger charge is -2.43. The maximum atomic E-state index is 13.2. The molecule has 5 aromatic carbocycles. The third kappa shape index (κ3) is 3.89. The molecule has 5 aromatic rings. The van der Waals surface area contributed by atoms with Gasteiger partial charge in [-0.25, -0.2) is 0 Å². The summed E-state index contributed by atoms with van der Waals surface area (Å²) in [4.78, 5) is 28.7. The maximum Gasteiger partial charge on any atom is 0.197 e. The number of carbonyl (C=O) groups excluding carboxylic acids is 2. The summed E-state index contributed by atoms with van der Waals surface area (Å²) in [7, 11) is 1.94. The van der Waals surface area contributed by atoms with E-state index in [9.17, 15) is 9.59 Å². The normalized spacial score (nSPS) is 16.2. The van der Waals surface area contributed by atoms with Crippen LogP contribution in [-0.4, -0.2) is 19.4 Å². The Bertz CT molecular complexity index is 1980. The van der Waals surface area contributed by atoms with Crippen molar-refractivity contribution in [3.63, 3.8) is 0 Å². The molecular formula is C38H32BNO2. The largest absolute Gasteiger partial charge is 0.310 e. The summed E-state index contributed by atoms with van der Waals surface area (Å²) in [6, 6.07) is 33.6. The molecular weight excluding hydrogens is 513 g/mol. The van der Waals surface area contributed by atoms with Crippen LogP contribution in [0.3, 0.4) is 0 Å². The van der Waals surface area contributed by atoms with Gasteiger partial charge in [-0.1, -0.05) is 99.9 Å². The van der Waals surface area contributed by atoms with Gasteiger partial charge in [0, 0.05) is 22.2 Å². The van der Waals surface area contributed by atoms with Crippen molar-refractivity contribution in [2.24, 2.45) is 0 Å². The molecule has 204 valence electrons. The number of nitrogens with zero attached hydrogens (tertiary/aromatic N) is 1. The molecule has 0 spiro atoms. The number of anilines is 3. The number of rotatable bonds is 3. The number of fused-ring (bicyclic) bond motifs is 5. The Kier molecular flexibility index (Phi) is 5.88. The molecule has 7 rings (SSSR count). The van der Waals surface area contributed by atoms with Gasteiger partial charge in [0.05, 0.1) is 16.9 Å². The molecule has 42 heavy (non-hydrogen) atoms. The third-order valence-corrected chi connectivity index (χ3v) is 8.97. The van der Waals surface area contributed by atoms with Gasteiger partial charge in [-0.3, -0.25) is 9.59 Å². The van der Waals surface area contributed by atoms with Crippen molar-refractivity contribution in [1.82, 2.24) is 0 Å². The van der Waals surface area contributed by atoms with E-state index in [4.69, 9.17) is 0 Å². The second-order valence-corrected chi connectivity index (χ2v) is 12.4. The molecule has 3 nitrogen and oxygen atoms in total. The van der Waals surface area contributed by atoms with Crippen LogP contribution in [0, 0.1) is 0 Å². The van der Waals surface area contributed by atoms with Crippen molar-refractivity contribution in [3.8, 4) is 0 Å². The molecule has 1 aliphatic carbocycles. The van der Waals surface area contributed by atoms with Gasteiger partial charge in [0.15, 0.2) is 11.6 Å². The molecule has 1 aliphatic heterocycles. The number of para-hydroxylation sites is 1. The number of ketones is 2. The Morgan fingerprint density at radius 1 is 0.762 bits per heavy atom. The first-order valence-electron chi connectivity index (χ1n) is 14.6. The van der Waals surface area contributed by atoms with Crippen molar-refractivity contribution in [2.45, 2.75) is 39.0 Å². The molecule has 0 radical (unpaired) electrons. The quantitative estimate of drug-likeness (QED) is 0.132. The Labute approximate surface area is 247 Å². The van der Waals surface area contributed by atoms with Gasteiger partial charge < -0.3 is 4.90 Å². The van der Waals surface area contributed by atoms with Gasteiger partial charge >= 0.3 is 0 Å². The van der Waals surface area contributed by atoms with Crippen molar-refractivity contribution >= 4 is 58.8 Å². The zero-order valence-electron chi connectivity index (χ0n) is 24.7. The molecule has 0 aromatic heterocycles. The molecule has 0 unspecified atom stereocenters. The van der Waals surface area contributed by atoms with E-state index in [0.29, 0.717) is 17.0 Å². The Hall–Kier alpha value is -4.70. The van der Waals surface area contributed by atoms with E-state index in [1.54, 1.807) is 12.1 Å². The predicted octanol–water partition coefficient (Wildman–Crippen LogP) is 7.79. The van der Waals surface area contributed by atoms with Crippen molar-refractivity contribution in [2.75, 3.05) is 4.90 Å². The van der Waals surface area contributed by atoms with E-state index >= 15 is 0 Å². The summed E-state index contributed by atoms with van der Waals surface area (Å²) in [5, 5.41) is 2.25.